The highest BCUT2D eigenvalue weighted by Gasteiger charge is 2.28. The zero-order valence-electron chi connectivity index (χ0n) is 20.9. The average Bonchev–Trinajstić information content (AvgIpc) is 3.39. The largest absolute Gasteiger partial charge is 0.403 e. The van der Waals surface area contributed by atoms with Crippen LogP contribution in [0.15, 0.2) is 82.3 Å². The summed E-state index contributed by atoms with van der Waals surface area (Å²) in [4.78, 5) is 24.7. The third-order valence-corrected chi connectivity index (χ3v) is 6.77. The van der Waals surface area contributed by atoms with Crippen LogP contribution in [-0.4, -0.2) is 59.3 Å². The van der Waals surface area contributed by atoms with E-state index in [1.165, 1.54) is 0 Å². The number of nitrogens with zero attached hydrogens (tertiary/aromatic N) is 5. The van der Waals surface area contributed by atoms with Crippen molar-refractivity contribution in [1.29, 1.82) is 0 Å². The highest BCUT2D eigenvalue weighted by atomic mass is 16.5. The van der Waals surface area contributed by atoms with Gasteiger partial charge in [-0.3, -0.25) is 4.79 Å². The maximum Gasteiger partial charge on any atom is 0.317 e. The van der Waals surface area contributed by atoms with Gasteiger partial charge in [-0.25, -0.2) is 9.98 Å². The van der Waals surface area contributed by atoms with Gasteiger partial charge in [0.2, 0.25) is 6.17 Å². The second-order valence-corrected chi connectivity index (χ2v) is 9.13. The first-order valence-electron chi connectivity index (χ1n) is 12.6. The van der Waals surface area contributed by atoms with Crippen LogP contribution in [-0.2, 0) is 9.53 Å². The molecule has 1 fully saturated rings. The van der Waals surface area contributed by atoms with Crippen LogP contribution in [0.3, 0.4) is 0 Å². The number of ether oxygens (including phenoxy) is 1. The van der Waals surface area contributed by atoms with Gasteiger partial charge in [-0.05, 0) is 31.0 Å². The Kier molecular flexibility index (Phi) is 6.53. The Balaban J connectivity index is 1.28. The van der Waals surface area contributed by atoms with Crippen molar-refractivity contribution < 1.29 is 13.9 Å². The van der Waals surface area contributed by atoms with Gasteiger partial charge < -0.3 is 24.7 Å². The monoisotopic (exact) mass is 509 g/mol. The van der Waals surface area contributed by atoms with Gasteiger partial charge >= 0.3 is 6.01 Å². The van der Waals surface area contributed by atoms with Crippen molar-refractivity contribution in [2.75, 3.05) is 35.7 Å². The highest BCUT2D eigenvalue weighted by Crippen LogP contribution is 2.31. The van der Waals surface area contributed by atoms with Crippen molar-refractivity contribution >= 4 is 29.1 Å². The number of aliphatic imine (C=N–C) groups is 1. The molecule has 10 nitrogen and oxygen atoms in total. The van der Waals surface area contributed by atoms with Gasteiger partial charge in [0.05, 0.1) is 23.1 Å². The molecule has 2 aliphatic rings. The first kappa shape index (κ1) is 23.8. The Morgan fingerprint density at radius 2 is 1.74 bits per heavy atom. The van der Waals surface area contributed by atoms with E-state index in [2.05, 4.69) is 30.7 Å². The van der Waals surface area contributed by atoms with Crippen LogP contribution in [0, 0.1) is 0 Å². The number of pyridine rings is 1. The molecule has 192 valence electrons. The lowest BCUT2D eigenvalue weighted by atomic mass is 10.0. The van der Waals surface area contributed by atoms with Crippen LogP contribution in [0.25, 0.3) is 11.5 Å². The fourth-order valence-electron chi connectivity index (χ4n) is 4.81. The summed E-state index contributed by atoms with van der Waals surface area (Å²) in [7, 11) is 1.75. The topological polar surface area (TPSA) is 118 Å². The van der Waals surface area contributed by atoms with Crippen molar-refractivity contribution in [1.82, 2.24) is 15.2 Å². The minimum atomic E-state index is -0.979. The zero-order valence-corrected chi connectivity index (χ0v) is 20.9. The summed E-state index contributed by atoms with van der Waals surface area (Å²) < 4.78 is 11.5. The summed E-state index contributed by atoms with van der Waals surface area (Å²) in [5.74, 6) is 0.768. The van der Waals surface area contributed by atoms with Crippen LogP contribution in [0.4, 0.5) is 17.5 Å². The van der Waals surface area contributed by atoms with E-state index in [1.54, 1.807) is 13.3 Å². The Bertz CT molecular complexity index is 1460. The molecule has 0 bridgehead atoms. The fraction of sp³-hybridized carbons (Fsp3) is 0.250. The number of carbonyl (C=O) groups excluding carboxylic acids is 1. The molecule has 0 aliphatic carbocycles. The van der Waals surface area contributed by atoms with Gasteiger partial charge in [-0.2, -0.15) is 0 Å². The molecule has 2 aromatic heterocycles. The van der Waals surface area contributed by atoms with Gasteiger partial charge in [-0.1, -0.05) is 53.6 Å². The lowest BCUT2D eigenvalue weighted by Gasteiger charge is -2.32. The molecule has 38 heavy (non-hydrogen) atoms. The number of anilines is 3. The van der Waals surface area contributed by atoms with E-state index in [9.17, 15) is 4.79 Å². The molecule has 1 atom stereocenters. The van der Waals surface area contributed by atoms with Crippen molar-refractivity contribution in [3.63, 3.8) is 0 Å². The van der Waals surface area contributed by atoms with Gasteiger partial charge in [0.1, 0.15) is 5.82 Å². The summed E-state index contributed by atoms with van der Waals surface area (Å²) in [5.41, 5.74) is 3.83. The van der Waals surface area contributed by atoms with E-state index in [0.717, 1.165) is 48.4 Å². The van der Waals surface area contributed by atoms with E-state index in [0.29, 0.717) is 17.3 Å². The molecule has 0 saturated carbocycles. The molecule has 2 N–H and O–H groups in total. The number of rotatable bonds is 6. The van der Waals surface area contributed by atoms with E-state index < -0.39 is 6.17 Å². The van der Waals surface area contributed by atoms with Gasteiger partial charge in [0, 0.05) is 37.5 Å². The molecule has 1 saturated heterocycles. The summed E-state index contributed by atoms with van der Waals surface area (Å²) in [6, 6.07) is 21.2. The van der Waals surface area contributed by atoms with Crippen LogP contribution in [0.1, 0.15) is 24.0 Å². The van der Waals surface area contributed by atoms with Crippen LogP contribution < -0.4 is 15.5 Å². The molecule has 4 heterocycles. The maximum absolute atomic E-state index is 13.1. The number of para-hydroxylation sites is 1. The first-order chi connectivity index (χ1) is 18.7. The second kappa shape index (κ2) is 10.4. The predicted octanol–water partition coefficient (Wildman–Crippen LogP) is 3.97. The van der Waals surface area contributed by atoms with E-state index in [4.69, 9.17) is 14.1 Å². The summed E-state index contributed by atoms with van der Waals surface area (Å²) >= 11 is 0. The number of carbonyl (C=O) groups is 1. The Morgan fingerprint density at radius 3 is 2.55 bits per heavy atom. The summed E-state index contributed by atoms with van der Waals surface area (Å²) in [5, 5.41) is 14.4. The van der Waals surface area contributed by atoms with Crippen LogP contribution >= 0.6 is 0 Å². The number of piperidine rings is 1. The molecule has 10 heteroatoms. The number of fused-ring (bicyclic) bond motifs is 1. The van der Waals surface area contributed by atoms with Gasteiger partial charge in [0.25, 0.3) is 11.8 Å². The lowest BCUT2D eigenvalue weighted by Crippen LogP contribution is -2.37. The Labute approximate surface area is 219 Å². The quantitative estimate of drug-likeness (QED) is 0.401. The molecular weight excluding hydrogens is 482 g/mol. The molecule has 2 aromatic carbocycles. The van der Waals surface area contributed by atoms with Crippen LogP contribution in [0.5, 0.6) is 0 Å². The van der Waals surface area contributed by atoms with E-state index >= 15 is 0 Å². The van der Waals surface area contributed by atoms with Crippen molar-refractivity contribution in [2.24, 2.45) is 4.99 Å². The number of methoxy groups -OCH3 is 1. The van der Waals surface area contributed by atoms with Gasteiger partial charge in [0.15, 0.2) is 0 Å². The molecule has 1 amide bonds. The molecule has 0 spiro atoms. The minimum absolute atomic E-state index is 0.0927. The minimum Gasteiger partial charge on any atom is -0.403 e. The number of amides is 1. The highest BCUT2D eigenvalue weighted by molar-refractivity contribution is 6.19. The third-order valence-electron chi connectivity index (χ3n) is 6.77. The second-order valence-electron chi connectivity index (χ2n) is 9.13. The summed E-state index contributed by atoms with van der Waals surface area (Å²) in [6.45, 7) is 1.64. The lowest BCUT2D eigenvalue weighted by molar-refractivity contribution is -0.116. The smallest absolute Gasteiger partial charge is 0.317 e. The average molecular weight is 510 g/mol. The molecule has 2 aliphatic heterocycles. The van der Waals surface area contributed by atoms with Gasteiger partial charge in [-0.15, -0.1) is 5.10 Å². The molecule has 6 rings (SSSR count). The Morgan fingerprint density at radius 1 is 0.974 bits per heavy atom. The van der Waals surface area contributed by atoms with Crippen molar-refractivity contribution in [3.05, 3.63) is 84.1 Å². The van der Waals surface area contributed by atoms with E-state index in [-0.39, 0.29) is 18.0 Å². The predicted molar refractivity (Wildman–Crippen MR) is 144 cm³/mol. The molecule has 1 unspecified atom stereocenters. The maximum atomic E-state index is 13.1. The Hall–Kier alpha value is -4.57. The zero-order chi connectivity index (χ0) is 25.9. The van der Waals surface area contributed by atoms with Crippen molar-refractivity contribution in [3.8, 4) is 11.5 Å². The molecular formula is C28H27N7O3. The molecule has 0 radical (unpaired) electrons. The number of benzodiazepines with no additional fused rings is 1. The summed E-state index contributed by atoms with van der Waals surface area (Å²) in [6.07, 6.45) is 2.88. The van der Waals surface area contributed by atoms with Crippen molar-refractivity contribution in [2.45, 2.75) is 25.1 Å². The number of hydrogen-bond donors (Lipinski definition) is 2. The SMILES string of the molecule is COC1CCN(c2ncccc2-c2nnc(NC3N=C(c4ccccc4)c4ccccc4NC3=O)o2)CC1. The molecule has 4 aromatic rings. The number of hydrogen-bond acceptors (Lipinski definition) is 9. The first-order valence-corrected chi connectivity index (χ1v) is 12.6. The van der Waals surface area contributed by atoms with E-state index in [1.807, 2.05) is 66.7 Å². The number of benzene rings is 2. The third kappa shape index (κ3) is 4.73. The normalized spacial score (nSPS) is 17.8. The number of nitrogens with one attached hydrogen (secondary N) is 2. The van der Waals surface area contributed by atoms with Crippen LogP contribution in [0.2, 0.25) is 0 Å². The fourth-order valence-corrected chi connectivity index (χ4v) is 4.81. The standard InChI is InChI=1S/C28H27N7O3/c1-37-19-13-16-35(17-14-19)25-21(11-7-15-29-25)27-33-34-28(38-27)32-24-26(36)30-22-12-6-5-10-20(22)23(31-24)18-8-3-2-4-9-18/h2-12,15,19,24H,13-14,16-17H2,1H3,(H,30,36)(H,32,34). The number of aromatic nitrogens is 3.